The predicted octanol–water partition coefficient (Wildman–Crippen LogP) is -2.29. The molecule has 0 saturated carbocycles. The van der Waals surface area contributed by atoms with Gasteiger partial charge in [-0.1, -0.05) is 15.6 Å². The van der Waals surface area contributed by atoms with Crippen molar-refractivity contribution in [3.8, 4) is 0 Å². The van der Waals surface area contributed by atoms with Crippen molar-refractivity contribution in [3.05, 3.63) is 35.7 Å². The van der Waals surface area contributed by atoms with Gasteiger partial charge in [0.25, 0.3) is 0 Å². The normalized spacial score (nSPS) is 16.1. The molecule has 33 nitrogen and oxygen atoms in total. The Kier molecular flexibility index (Phi) is 36.3. The number of unbranched alkanes of at least 4 members (excludes halogenated alkanes) is 3. The monoisotopic (exact) mass is 1280 g/mol. The van der Waals surface area contributed by atoms with Gasteiger partial charge in [0.2, 0.25) is 53.2 Å². The largest absolute Gasteiger partial charge is 0.379 e. The van der Waals surface area contributed by atoms with E-state index in [1.807, 2.05) is 0 Å². The van der Waals surface area contributed by atoms with Crippen LogP contribution in [0.1, 0.15) is 140 Å². The standard InChI is InChI=1S/C58H92N18O15/c1-41(77)13-15-43-38-74(71-68-43)27-33-89-31-22-52(82)61-25-8-5-11-47-57(87)64-37-56(86)67-48(12-6-9-26-62-53(83)23-32-90-34-28-75-39-44(69-72-75)16-14-42(2)78)58(88)63-36-55(85)65-46(49(79)18-20-54(84)66-47)10-4-7-24-60-51(81)21-30-91-35-29-76-40-45(70-73-76)17-19-50(80)59-3/h38-40,46-48H,4-37H2,1-3H3,(H,59,80)(H,60,81)(H,61,82)(H,62,83)(H,63,88)(H,64,87)(H,65,85)(H,66,84)(H,67,86)/t46-,47-,48-/m0/s1. The van der Waals surface area contributed by atoms with Gasteiger partial charge in [-0.15, -0.1) is 15.3 Å². The molecule has 0 spiro atoms. The Balaban J connectivity index is 1.26. The van der Waals surface area contributed by atoms with Crippen molar-refractivity contribution in [3.63, 3.8) is 0 Å². The minimum atomic E-state index is -1.19. The summed E-state index contributed by atoms with van der Waals surface area (Å²) >= 11 is 0. The summed E-state index contributed by atoms with van der Waals surface area (Å²) in [5.74, 6) is -4.78. The highest BCUT2D eigenvalue weighted by Crippen LogP contribution is 2.10. The van der Waals surface area contributed by atoms with E-state index >= 15 is 0 Å². The molecule has 504 valence electrons. The second-order valence-corrected chi connectivity index (χ2v) is 21.9. The molecule has 1 fully saturated rings. The summed E-state index contributed by atoms with van der Waals surface area (Å²) in [5.41, 5.74) is 2.06. The lowest BCUT2D eigenvalue weighted by molar-refractivity contribution is -0.133. The van der Waals surface area contributed by atoms with Gasteiger partial charge in [0.1, 0.15) is 23.7 Å². The van der Waals surface area contributed by atoms with E-state index in [2.05, 4.69) is 78.8 Å². The van der Waals surface area contributed by atoms with Gasteiger partial charge >= 0.3 is 0 Å². The third-order valence-corrected chi connectivity index (χ3v) is 14.1. The Labute approximate surface area is 528 Å². The van der Waals surface area contributed by atoms with E-state index in [-0.39, 0.29) is 146 Å². The van der Waals surface area contributed by atoms with Crippen LogP contribution in [0.2, 0.25) is 0 Å². The maximum Gasteiger partial charge on any atom is 0.243 e. The van der Waals surface area contributed by atoms with Crippen LogP contribution < -0.4 is 47.9 Å². The minimum Gasteiger partial charge on any atom is -0.379 e. The van der Waals surface area contributed by atoms with Gasteiger partial charge in [-0.05, 0) is 84.5 Å². The summed E-state index contributed by atoms with van der Waals surface area (Å²) in [7, 11) is 1.56. The molecule has 9 amide bonds. The fourth-order valence-electron chi connectivity index (χ4n) is 8.91. The van der Waals surface area contributed by atoms with Crippen molar-refractivity contribution < 1.29 is 71.7 Å². The molecule has 0 unspecified atom stereocenters. The smallest absolute Gasteiger partial charge is 0.243 e. The lowest BCUT2D eigenvalue weighted by Gasteiger charge is -2.22. The SMILES string of the molecule is CNC(=O)CCc1cn(CCOCCC(=O)NCCCC[C@@H]2NC(=O)CNC(=O)[C@H](CCCCNC(=O)CCOCCn3cc(CCC(C)=O)nn3)NC(=O)CNC(=O)[C@H](CCCCNC(=O)CCOCCn3cc(CCC(C)=O)nn3)NC(=O)CCC2=O)nn1. The van der Waals surface area contributed by atoms with Crippen molar-refractivity contribution in [2.45, 2.75) is 180 Å². The van der Waals surface area contributed by atoms with Crippen LogP contribution in [-0.4, -0.2) is 213 Å². The molecule has 0 aliphatic carbocycles. The van der Waals surface area contributed by atoms with E-state index in [1.54, 1.807) is 39.7 Å². The zero-order valence-electron chi connectivity index (χ0n) is 52.7. The molecule has 0 bridgehead atoms. The average molecular weight is 1280 g/mol. The van der Waals surface area contributed by atoms with E-state index in [0.29, 0.717) is 114 Å². The molecular weight excluding hydrogens is 1190 g/mol. The van der Waals surface area contributed by atoms with Gasteiger partial charge in [-0.2, -0.15) is 0 Å². The van der Waals surface area contributed by atoms with Crippen molar-refractivity contribution in [2.24, 2.45) is 0 Å². The van der Waals surface area contributed by atoms with Gasteiger partial charge in [0.05, 0.1) is 95.5 Å². The molecule has 0 aromatic carbocycles. The summed E-state index contributed by atoms with van der Waals surface area (Å²) in [6, 6.07) is -3.44. The third-order valence-electron chi connectivity index (χ3n) is 14.1. The third kappa shape index (κ3) is 34.4. The molecule has 3 atom stereocenters. The fraction of sp³-hybridized carbons (Fsp3) is 0.690. The minimum absolute atomic E-state index is 0.0598. The predicted molar refractivity (Wildman–Crippen MR) is 323 cm³/mol. The lowest BCUT2D eigenvalue weighted by atomic mass is 10.0. The molecule has 1 saturated heterocycles. The van der Waals surface area contributed by atoms with E-state index in [4.69, 9.17) is 14.2 Å². The number of hydrogen-bond acceptors (Lipinski definition) is 21. The van der Waals surface area contributed by atoms with E-state index in [1.165, 1.54) is 13.8 Å². The summed E-state index contributed by atoms with van der Waals surface area (Å²) in [6.07, 6.45) is 9.83. The van der Waals surface area contributed by atoms with Crippen molar-refractivity contribution in [2.75, 3.05) is 79.4 Å². The summed E-state index contributed by atoms with van der Waals surface area (Å²) in [5, 5.41) is 48.1. The van der Waals surface area contributed by atoms with Crippen LogP contribution in [0, 0.1) is 0 Å². The van der Waals surface area contributed by atoms with E-state index in [0.717, 1.165) is 0 Å². The van der Waals surface area contributed by atoms with Gasteiger partial charge < -0.3 is 71.7 Å². The zero-order valence-corrected chi connectivity index (χ0v) is 52.7. The Morgan fingerprint density at radius 3 is 1.21 bits per heavy atom. The maximum atomic E-state index is 13.7. The zero-order chi connectivity index (χ0) is 66.0. The average Bonchev–Trinajstić information content (AvgIpc) is 4.52. The van der Waals surface area contributed by atoms with Crippen LogP contribution in [0.15, 0.2) is 18.6 Å². The molecule has 3 aromatic heterocycles. The first kappa shape index (κ1) is 75.0. The van der Waals surface area contributed by atoms with Gasteiger partial charge in [-0.25, -0.2) is 14.0 Å². The number of amides is 9. The highest BCUT2D eigenvalue weighted by molar-refractivity contribution is 5.96. The highest BCUT2D eigenvalue weighted by atomic mass is 16.5. The molecule has 91 heavy (non-hydrogen) atoms. The molecule has 9 N–H and O–H groups in total. The van der Waals surface area contributed by atoms with Crippen molar-refractivity contribution in [1.29, 1.82) is 0 Å². The lowest BCUT2D eigenvalue weighted by Crippen LogP contribution is -2.53. The molecule has 0 radical (unpaired) electrons. The topological polar surface area (TPSA) is 433 Å². The van der Waals surface area contributed by atoms with Crippen molar-refractivity contribution in [1.82, 2.24) is 92.8 Å². The number of ether oxygens (including phenoxy) is 3. The molecule has 33 heteroatoms. The quantitative estimate of drug-likeness (QED) is 0.0270. The summed E-state index contributed by atoms with van der Waals surface area (Å²) < 4.78 is 21.6. The Morgan fingerprint density at radius 1 is 0.462 bits per heavy atom. The molecule has 1 aliphatic rings. The Bertz CT molecular complexity index is 2720. The van der Waals surface area contributed by atoms with Crippen LogP contribution in [-0.2, 0) is 111 Å². The number of aryl methyl sites for hydroxylation is 3. The number of rotatable bonds is 42. The molecule has 4 heterocycles. The number of carbonyl (C=O) groups is 12. The molecule has 4 rings (SSSR count). The Morgan fingerprint density at radius 2 is 0.824 bits per heavy atom. The fourth-order valence-corrected chi connectivity index (χ4v) is 8.91. The molecular formula is C58H92N18O15. The van der Waals surface area contributed by atoms with Crippen LogP contribution in [0.5, 0.6) is 0 Å². The maximum absolute atomic E-state index is 13.7. The first-order chi connectivity index (χ1) is 43.8. The Hall–Kier alpha value is -8.46. The molecule has 3 aromatic rings. The van der Waals surface area contributed by atoms with Gasteiger partial charge in [-0.3, -0.25) is 47.9 Å². The number of ketones is 3. The number of hydrogen-bond donors (Lipinski definition) is 9. The number of aromatic nitrogens is 9. The second-order valence-electron chi connectivity index (χ2n) is 21.9. The van der Waals surface area contributed by atoms with Gasteiger partial charge in [0, 0.05) is 103 Å². The van der Waals surface area contributed by atoms with Crippen LogP contribution in [0.3, 0.4) is 0 Å². The number of nitrogens with zero attached hydrogens (tertiary/aromatic N) is 9. The van der Waals surface area contributed by atoms with Crippen LogP contribution >= 0.6 is 0 Å². The van der Waals surface area contributed by atoms with E-state index < -0.39 is 66.5 Å². The van der Waals surface area contributed by atoms with Crippen LogP contribution in [0.25, 0.3) is 0 Å². The summed E-state index contributed by atoms with van der Waals surface area (Å²) in [4.78, 5) is 153. The number of nitrogens with one attached hydrogen (secondary N) is 9. The van der Waals surface area contributed by atoms with Crippen LogP contribution in [0.4, 0.5) is 0 Å². The number of Topliss-reactive ketones (excluding diaryl/α,β-unsaturated/α-hetero) is 3. The van der Waals surface area contributed by atoms with E-state index in [9.17, 15) is 57.5 Å². The second kappa shape index (κ2) is 44.1. The van der Waals surface area contributed by atoms with Gasteiger partial charge in [0.15, 0.2) is 5.78 Å². The first-order valence-corrected chi connectivity index (χ1v) is 31.2. The van der Waals surface area contributed by atoms with Crippen molar-refractivity contribution >= 4 is 70.5 Å². The number of carbonyl (C=O) groups excluding carboxylic acids is 12. The highest BCUT2D eigenvalue weighted by Gasteiger charge is 2.27. The summed E-state index contributed by atoms with van der Waals surface area (Å²) in [6.45, 7) is 5.12. The molecule has 1 aliphatic heterocycles. The first-order valence-electron chi connectivity index (χ1n) is 31.2.